The lowest BCUT2D eigenvalue weighted by Gasteiger charge is -2.34. The summed E-state index contributed by atoms with van der Waals surface area (Å²) < 4.78 is 0. The van der Waals surface area contributed by atoms with Crippen molar-refractivity contribution in [2.75, 3.05) is 26.7 Å². The minimum absolute atomic E-state index is 0.245. The first-order valence-electron chi connectivity index (χ1n) is 6.13. The molecule has 3 amide bonds. The second kappa shape index (κ2) is 7.24. The number of likely N-dealkylation sites (tertiary alicyclic amines) is 1. The third-order valence-corrected chi connectivity index (χ3v) is 3.13. The molecule has 6 nitrogen and oxygen atoms in total. The molecule has 0 aromatic carbocycles. The SMILES string of the molecule is CNC(=O)NC(=O)CCN1CCCCC1CN. The predicted octanol–water partition coefficient (Wildman–Crippen LogP) is -0.355. The van der Waals surface area contributed by atoms with Gasteiger partial charge >= 0.3 is 6.03 Å². The Balaban J connectivity index is 2.28. The minimum Gasteiger partial charge on any atom is -0.341 e. The summed E-state index contributed by atoms with van der Waals surface area (Å²) >= 11 is 0. The van der Waals surface area contributed by atoms with Crippen LogP contribution in [0.25, 0.3) is 0 Å². The molecule has 0 radical (unpaired) electrons. The van der Waals surface area contributed by atoms with Gasteiger partial charge in [0.1, 0.15) is 0 Å². The highest BCUT2D eigenvalue weighted by Crippen LogP contribution is 2.15. The lowest BCUT2D eigenvalue weighted by molar-refractivity contribution is -0.120. The van der Waals surface area contributed by atoms with E-state index in [1.165, 1.54) is 13.5 Å². The van der Waals surface area contributed by atoms with Crippen molar-refractivity contribution >= 4 is 11.9 Å². The van der Waals surface area contributed by atoms with Gasteiger partial charge in [-0.2, -0.15) is 0 Å². The van der Waals surface area contributed by atoms with E-state index in [0.717, 1.165) is 19.4 Å². The summed E-state index contributed by atoms with van der Waals surface area (Å²) in [6.45, 7) is 2.30. The van der Waals surface area contributed by atoms with Gasteiger partial charge in [0.25, 0.3) is 0 Å². The quantitative estimate of drug-likeness (QED) is 0.628. The van der Waals surface area contributed by atoms with Gasteiger partial charge in [0.05, 0.1) is 0 Å². The highest BCUT2D eigenvalue weighted by atomic mass is 16.2. The Morgan fingerprint density at radius 3 is 2.82 bits per heavy atom. The standard InChI is InChI=1S/C11H22N4O2/c1-13-11(17)14-10(16)5-7-15-6-3-2-4-9(15)8-12/h9H,2-8,12H2,1H3,(H2,13,14,16,17). The summed E-state index contributed by atoms with van der Waals surface area (Å²) in [6.07, 6.45) is 3.81. The van der Waals surface area contributed by atoms with E-state index in [4.69, 9.17) is 5.73 Å². The maximum absolute atomic E-state index is 11.4. The molecule has 1 heterocycles. The van der Waals surface area contributed by atoms with Crippen molar-refractivity contribution < 1.29 is 9.59 Å². The summed E-state index contributed by atoms with van der Waals surface area (Å²) in [5.41, 5.74) is 5.70. The highest BCUT2D eigenvalue weighted by Gasteiger charge is 2.21. The Bertz CT molecular complexity index is 270. The van der Waals surface area contributed by atoms with E-state index in [-0.39, 0.29) is 5.91 Å². The maximum atomic E-state index is 11.4. The van der Waals surface area contributed by atoms with Crippen molar-refractivity contribution in [1.82, 2.24) is 15.5 Å². The zero-order chi connectivity index (χ0) is 12.7. The number of nitrogens with one attached hydrogen (secondary N) is 2. The van der Waals surface area contributed by atoms with Crippen LogP contribution in [0.15, 0.2) is 0 Å². The molecule has 17 heavy (non-hydrogen) atoms. The van der Waals surface area contributed by atoms with Crippen LogP contribution in [-0.4, -0.2) is 49.6 Å². The predicted molar refractivity (Wildman–Crippen MR) is 65.5 cm³/mol. The molecular weight excluding hydrogens is 220 g/mol. The smallest absolute Gasteiger partial charge is 0.321 e. The van der Waals surface area contributed by atoms with Crippen LogP contribution in [0.4, 0.5) is 4.79 Å². The molecule has 98 valence electrons. The third kappa shape index (κ3) is 4.70. The van der Waals surface area contributed by atoms with Crippen molar-refractivity contribution in [3.8, 4) is 0 Å². The summed E-state index contributed by atoms with van der Waals surface area (Å²) in [7, 11) is 1.48. The fourth-order valence-corrected chi connectivity index (χ4v) is 2.12. The molecule has 0 bridgehead atoms. The topological polar surface area (TPSA) is 87.5 Å². The van der Waals surface area contributed by atoms with E-state index >= 15 is 0 Å². The molecule has 1 unspecified atom stereocenters. The molecule has 1 saturated heterocycles. The van der Waals surface area contributed by atoms with Crippen molar-refractivity contribution in [2.45, 2.75) is 31.7 Å². The lowest BCUT2D eigenvalue weighted by atomic mass is 10.0. The van der Waals surface area contributed by atoms with Crippen molar-refractivity contribution in [3.05, 3.63) is 0 Å². The molecule has 1 aliphatic heterocycles. The number of piperidine rings is 1. The Hall–Kier alpha value is -1.14. The number of amides is 3. The summed E-state index contributed by atoms with van der Waals surface area (Å²) in [5.74, 6) is -0.245. The highest BCUT2D eigenvalue weighted by molar-refractivity contribution is 5.94. The number of imide groups is 1. The molecule has 0 aliphatic carbocycles. The van der Waals surface area contributed by atoms with E-state index in [1.54, 1.807) is 0 Å². The van der Waals surface area contributed by atoms with Gasteiger partial charge in [0.15, 0.2) is 0 Å². The van der Waals surface area contributed by atoms with Gasteiger partial charge in [0.2, 0.25) is 5.91 Å². The van der Waals surface area contributed by atoms with Crippen molar-refractivity contribution in [2.24, 2.45) is 5.73 Å². The van der Waals surface area contributed by atoms with E-state index in [1.807, 2.05) is 0 Å². The van der Waals surface area contributed by atoms with Crippen LogP contribution in [0, 0.1) is 0 Å². The van der Waals surface area contributed by atoms with Crippen LogP contribution in [0.5, 0.6) is 0 Å². The van der Waals surface area contributed by atoms with Crippen LogP contribution in [0.1, 0.15) is 25.7 Å². The second-order valence-electron chi connectivity index (χ2n) is 4.30. The summed E-state index contributed by atoms with van der Waals surface area (Å²) in [4.78, 5) is 24.6. The van der Waals surface area contributed by atoms with E-state index in [2.05, 4.69) is 15.5 Å². The number of urea groups is 1. The number of nitrogens with two attached hydrogens (primary N) is 1. The van der Waals surface area contributed by atoms with Gasteiger partial charge in [-0.25, -0.2) is 4.79 Å². The van der Waals surface area contributed by atoms with Gasteiger partial charge in [-0.3, -0.25) is 15.0 Å². The van der Waals surface area contributed by atoms with Gasteiger partial charge in [0, 0.05) is 32.6 Å². The first-order valence-corrected chi connectivity index (χ1v) is 6.13. The van der Waals surface area contributed by atoms with Gasteiger partial charge in [-0.15, -0.1) is 0 Å². The first kappa shape index (κ1) is 13.9. The summed E-state index contributed by atoms with van der Waals surface area (Å²) in [6, 6.07) is -0.0689. The molecule has 0 saturated carbocycles. The minimum atomic E-state index is -0.455. The monoisotopic (exact) mass is 242 g/mol. The van der Waals surface area contributed by atoms with E-state index in [0.29, 0.717) is 25.6 Å². The molecule has 4 N–H and O–H groups in total. The zero-order valence-electron chi connectivity index (χ0n) is 10.4. The number of nitrogens with zero attached hydrogens (tertiary/aromatic N) is 1. The van der Waals surface area contributed by atoms with Crippen molar-refractivity contribution in [3.63, 3.8) is 0 Å². The average Bonchev–Trinajstić information content (AvgIpc) is 2.36. The summed E-state index contributed by atoms with van der Waals surface area (Å²) in [5, 5.41) is 4.60. The Morgan fingerprint density at radius 1 is 1.41 bits per heavy atom. The van der Waals surface area contributed by atoms with Crippen LogP contribution < -0.4 is 16.4 Å². The molecule has 1 atom stereocenters. The first-order chi connectivity index (χ1) is 8.17. The number of rotatable bonds is 4. The molecule has 0 aromatic rings. The molecule has 1 fully saturated rings. The number of hydrogen-bond donors (Lipinski definition) is 3. The van der Waals surface area contributed by atoms with E-state index < -0.39 is 6.03 Å². The van der Waals surface area contributed by atoms with Crippen LogP contribution in [-0.2, 0) is 4.79 Å². The average molecular weight is 242 g/mol. The third-order valence-electron chi connectivity index (χ3n) is 3.13. The Morgan fingerprint density at radius 2 is 2.18 bits per heavy atom. The second-order valence-corrected chi connectivity index (χ2v) is 4.30. The van der Waals surface area contributed by atoms with Crippen molar-refractivity contribution in [1.29, 1.82) is 0 Å². The number of hydrogen-bond acceptors (Lipinski definition) is 4. The van der Waals surface area contributed by atoms with Gasteiger partial charge in [-0.05, 0) is 19.4 Å². The normalized spacial score (nSPS) is 20.9. The molecular formula is C11H22N4O2. The molecule has 6 heteroatoms. The molecule has 1 rings (SSSR count). The van der Waals surface area contributed by atoms with Crippen LogP contribution >= 0.6 is 0 Å². The molecule has 0 aromatic heterocycles. The zero-order valence-corrected chi connectivity index (χ0v) is 10.4. The fraction of sp³-hybridized carbons (Fsp3) is 0.818. The maximum Gasteiger partial charge on any atom is 0.321 e. The lowest BCUT2D eigenvalue weighted by Crippen LogP contribution is -2.46. The van der Waals surface area contributed by atoms with Gasteiger partial charge < -0.3 is 11.1 Å². The molecule has 1 aliphatic rings. The molecule has 0 spiro atoms. The Kier molecular flexibility index (Phi) is 5.93. The largest absolute Gasteiger partial charge is 0.341 e. The van der Waals surface area contributed by atoms with Gasteiger partial charge in [-0.1, -0.05) is 6.42 Å². The van der Waals surface area contributed by atoms with Crippen LogP contribution in [0.2, 0.25) is 0 Å². The Labute approximate surface area is 102 Å². The number of carbonyl (C=O) groups is 2. The van der Waals surface area contributed by atoms with E-state index in [9.17, 15) is 9.59 Å². The fourth-order valence-electron chi connectivity index (χ4n) is 2.12. The number of carbonyl (C=O) groups excluding carboxylic acids is 2. The van der Waals surface area contributed by atoms with Crippen LogP contribution in [0.3, 0.4) is 0 Å².